The van der Waals surface area contributed by atoms with Crippen molar-refractivity contribution >= 4 is 11.6 Å². The first-order valence-electron chi connectivity index (χ1n) is 3.81. The fraction of sp³-hybridized carbons (Fsp3) is 0.500. The lowest BCUT2D eigenvalue weighted by Gasteiger charge is -2.15. The Morgan fingerprint density at radius 1 is 1.64 bits per heavy atom. The molecule has 1 aromatic heterocycles. The highest BCUT2D eigenvalue weighted by atomic mass is 35.5. The summed E-state index contributed by atoms with van der Waals surface area (Å²) in [7, 11) is 0. The van der Waals surface area contributed by atoms with Gasteiger partial charge in [0.2, 0.25) is 0 Å². The van der Waals surface area contributed by atoms with Crippen molar-refractivity contribution in [2.45, 2.75) is 25.3 Å². The molecule has 60 valence electrons. The molecule has 0 bridgehead atoms. The minimum Gasteiger partial charge on any atom is -0.449 e. The van der Waals surface area contributed by atoms with Crippen molar-refractivity contribution in [1.29, 1.82) is 0 Å². The molecule has 0 amide bonds. The Morgan fingerprint density at radius 3 is 3.18 bits per heavy atom. The minimum absolute atomic E-state index is 0.134. The standard InChI is InChI=1S/C8H10ClNO/c9-8-4-5-6(10)2-1-3-7(5)11-8/h4,6H,1-3,10H2. The number of rotatable bonds is 0. The zero-order valence-corrected chi connectivity index (χ0v) is 6.90. The fourth-order valence-corrected chi connectivity index (χ4v) is 1.77. The van der Waals surface area contributed by atoms with E-state index in [-0.39, 0.29) is 6.04 Å². The Kier molecular flexibility index (Phi) is 1.66. The quantitative estimate of drug-likeness (QED) is 0.651. The van der Waals surface area contributed by atoms with Gasteiger partial charge in [-0.3, -0.25) is 0 Å². The summed E-state index contributed by atoms with van der Waals surface area (Å²) in [4.78, 5) is 0. The van der Waals surface area contributed by atoms with Crippen molar-refractivity contribution < 1.29 is 4.42 Å². The number of hydrogen-bond donors (Lipinski definition) is 1. The molecule has 1 aliphatic rings. The zero-order chi connectivity index (χ0) is 7.84. The second kappa shape index (κ2) is 2.54. The molecule has 0 aromatic carbocycles. The SMILES string of the molecule is NC1CCCc2oc(Cl)cc21. The van der Waals surface area contributed by atoms with Crippen LogP contribution in [0, 0.1) is 0 Å². The predicted octanol–water partition coefficient (Wildman–Crippen LogP) is 2.27. The normalized spacial score (nSPS) is 23.3. The largest absolute Gasteiger partial charge is 0.449 e. The lowest BCUT2D eigenvalue weighted by atomic mass is 9.94. The van der Waals surface area contributed by atoms with Crippen molar-refractivity contribution in [3.63, 3.8) is 0 Å². The van der Waals surface area contributed by atoms with Gasteiger partial charge in [-0.15, -0.1) is 0 Å². The van der Waals surface area contributed by atoms with E-state index in [1.807, 2.05) is 6.07 Å². The maximum absolute atomic E-state index is 5.84. The zero-order valence-electron chi connectivity index (χ0n) is 6.14. The average Bonchev–Trinajstić information content (AvgIpc) is 2.31. The Morgan fingerprint density at radius 2 is 2.45 bits per heavy atom. The molecule has 1 atom stereocenters. The van der Waals surface area contributed by atoms with E-state index >= 15 is 0 Å². The van der Waals surface area contributed by atoms with E-state index in [2.05, 4.69) is 0 Å². The van der Waals surface area contributed by atoms with Crippen molar-refractivity contribution in [2.75, 3.05) is 0 Å². The summed E-state index contributed by atoms with van der Waals surface area (Å²) in [5, 5.41) is 0.465. The molecule has 0 saturated heterocycles. The predicted molar refractivity (Wildman–Crippen MR) is 43.6 cm³/mol. The summed E-state index contributed by atoms with van der Waals surface area (Å²) in [5.74, 6) is 0.980. The Hall–Kier alpha value is -0.470. The first-order valence-corrected chi connectivity index (χ1v) is 4.19. The highest BCUT2D eigenvalue weighted by Gasteiger charge is 2.20. The van der Waals surface area contributed by atoms with E-state index in [0.29, 0.717) is 5.22 Å². The van der Waals surface area contributed by atoms with Crippen LogP contribution < -0.4 is 5.73 Å². The molecular formula is C8H10ClNO. The average molecular weight is 172 g/mol. The second-order valence-electron chi connectivity index (χ2n) is 2.93. The van der Waals surface area contributed by atoms with Crippen LogP contribution in [0.25, 0.3) is 0 Å². The Bertz CT molecular complexity index is 269. The van der Waals surface area contributed by atoms with Crippen LogP contribution >= 0.6 is 11.6 Å². The highest BCUT2D eigenvalue weighted by Crippen LogP contribution is 2.32. The van der Waals surface area contributed by atoms with Gasteiger partial charge in [0.05, 0.1) is 0 Å². The molecule has 11 heavy (non-hydrogen) atoms. The van der Waals surface area contributed by atoms with Gasteiger partial charge in [-0.25, -0.2) is 0 Å². The van der Waals surface area contributed by atoms with Crippen LogP contribution in [-0.4, -0.2) is 0 Å². The van der Waals surface area contributed by atoms with Gasteiger partial charge in [0.15, 0.2) is 5.22 Å². The Labute approximate surface area is 70.3 Å². The molecule has 1 aliphatic carbocycles. The third-order valence-electron chi connectivity index (χ3n) is 2.13. The fourth-order valence-electron chi connectivity index (χ4n) is 1.56. The van der Waals surface area contributed by atoms with Crippen LogP contribution in [0.4, 0.5) is 0 Å². The third-order valence-corrected chi connectivity index (χ3v) is 2.32. The van der Waals surface area contributed by atoms with Crippen LogP contribution in [0.3, 0.4) is 0 Å². The van der Waals surface area contributed by atoms with Gasteiger partial charge in [-0.1, -0.05) is 0 Å². The molecule has 3 heteroatoms. The third kappa shape index (κ3) is 1.17. The number of furan rings is 1. The van der Waals surface area contributed by atoms with Crippen LogP contribution in [0.5, 0.6) is 0 Å². The summed E-state index contributed by atoms with van der Waals surface area (Å²) in [6.45, 7) is 0. The summed E-state index contributed by atoms with van der Waals surface area (Å²) >= 11 is 5.69. The van der Waals surface area contributed by atoms with E-state index in [1.54, 1.807) is 0 Å². The molecule has 1 unspecified atom stereocenters. The van der Waals surface area contributed by atoms with Crippen LogP contribution in [-0.2, 0) is 6.42 Å². The molecule has 0 aliphatic heterocycles. The lowest BCUT2D eigenvalue weighted by Crippen LogP contribution is -2.15. The van der Waals surface area contributed by atoms with Crippen molar-refractivity contribution in [3.05, 3.63) is 22.6 Å². The lowest BCUT2D eigenvalue weighted by molar-refractivity contribution is 0.454. The number of hydrogen-bond acceptors (Lipinski definition) is 2. The van der Waals surface area contributed by atoms with Gasteiger partial charge >= 0.3 is 0 Å². The molecule has 1 heterocycles. The van der Waals surface area contributed by atoms with Crippen LogP contribution in [0.1, 0.15) is 30.2 Å². The van der Waals surface area contributed by atoms with Gasteiger partial charge in [0, 0.05) is 24.1 Å². The molecule has 2 rings (SSSR count). The number of halogens is 1. The van der Waals surface area contributed by atoms with E-state index in [0.717, 1.165) is 30.6 Å². The van der Waals surface area contributed by atoms with Crippen molar-refractivity contribution in [2.24, 2.45) is 5.73 Å². The molecule has 2 N–H and O–H groups in total. The van der Waals surface area contributed by atoms with Gasteiger partial charge in [-0.05, 0) is 24.4 Å². The summed E-state index contributed by atoms with van der Waals surface area (Å²) in [6.07, 6.45) is 3.14. The van der Waals surface area contributed by atoms with Gasteiger partial charge in [0.25, 0.3) is 0 Å². The first kappa shape index (κ1) is 7.19. The smallest absolute Gasteiger partial charge is 0.193 e. The van der Waals surface area contributed by atoms with Gasteiger partial charge in [0.1, 0.15) is 5.76 Å². The van der Waals surface area contributed by atoms with Crippen molar-refractivity contribution in [1.82, 2.24) is 0 Å². The van der Waals surface area contributed by atoms with Gasteiger partial charge < -0.3 is 10.2 Å². The molecule has 0 fully saturated rings. The van der Waals surface area contributed by atoms with Crippen molar-refractivity contribution in [3.8, 4) is 0 Å². The van der Waals surface area contributed by atoms with Crippen LogP contribution in [0.15, 0.2) is 10.5 Å². The number of fused-ring (bicyclic) bond motifs is 1. The first-order chi connectivity index (χ1) is 5.27. The van der Waals surface area contributed by atoms with Crippen LogP contribution in [0.2, 0.25) is 5.22 Å². The number of aryl methyl sites for hydroxylation is 1. The summed E-state index contributed by atoms with van der Waals surface area (Å²) in [6, 6.07) is 1.97. The maximum Gasteiger partial charge on any atom is 0.193 e. The van der Waals surface area contributed by atoms with E-state index in [4.69, 9.17) is 21.8 Å². The molecular weight excluding hydrogens is 162 g/mol. The monoisotopic (exact) mass is 171 g/mol. The number of nitrogens with two attached hydrogens (primary N) is 1. The summed E-state index contributed by atoms with van der Waals surface area (Å²) in [5.41, 5.74) is 6.94. The second-order valence-corrected chi connectivity index (χ2v) is 3.30. The molecule has 0 spiro atoms. The molecule has 0 saturated carbocycles. The molecule has 2 nitrogen and oxygen atoms in total. The highest BCUT2D eigenvalue weighted by molar-refractivity contribution is 6.28. The van der Waals surface area contributed by atoms with Gasteiger partial charge in [-0.2, -0.15) is 0 Å². The van der Waals surface area contributed by atoms with E-state index < -0.39 is 0 Å². The maximum atomic E-state index is 5.84. The topological polar surface area (TPSA) is 39.2 Å². The minimum atomic E-state index is 0.134. The van der Waals surface area contributed by atoms with E-state index in [1.165, 1.54) is 0 Å². The van der Waals surface area contributed by atoms with E-state index in [9.17, 15) is 0 Å². The summed E-state index contributed by atoms with van der Waals surface area (Å²) < 4.78 is 5.26. The Balaban J connectivity index is 2.43. The molecule has 0 radical (unpaired) electrons. The molecule has 1 aromatic rings.